The van der Waals surface area contributed by atoms with Crippen molar-refractivity contribution < 1.29 is 4.74 Å². The molecule has 0 N–H and O–H groups in total. The monoisotopic (exact) mass is 368 g/mol. The highest BCUT2D eigenvalue weighted by Gasteiger charge is 1.95. The Kier molecular flexibility index (Phi) is 24.9. The van der Waals surface area contributed by atoms with E-state index in [9.17, 15) is 0 Å². The molecule has 158 valence electrons. The van der Waals surface area contributed by atoms with E-state index in [1.54, 1.807) is 0 Å². The van der Waals surface area contributed by atoms with E-state index in [1.807, 2.05) is 0 Å². The molecule has 26 heavy (non-hydrogen) atoms. The summed E-state index contributed by atoms with van der Waals surface area (Å²) in [6.07, 6.45) is 30.4. The van der Waals surface area contributed by atoms with Crippen molar-refractivity contribution in [2.24, 2.45) is 0 Å². The molecule has 0 saturated heterocycles. The summed E-state index contributed by atoms with van der Waals surface area (Å²) in [4.78, 5) is 0. The molecule has 0 fully saturated rings. The Hall–Kier alpha value is -0.0400. The molecule has 0 bridgehead atoms. The highest BCUT2D eigenvalue weighted by atomic mass is 16.5. The average molecular weight is 369 g/mol. The predicted octanol–water partition coefficient (Wildman–Crippen LogP) is 9.23. The van der Waals surface area contributed by atoms with Crippen LogP contribution in [-0.2, 0) is 4.74 Å². The van der Waals surface area contributed by atoms with E-state index in [0.29, 0.717) is 0 Å². The van der Waals surface area contributed by atoms with E-state index >= 15 is 0 Å². The van der Waals surface area contributed by atoms with E-state index in [-0.39, 0.29) is 0 Å². The Labute approximate surface area is 167 Å². The molecule has 0 rings (SSSR count). The van der Waals surface area contributed by atoms with Gasteiger partial charge in [-0.15, -0.1) is 0 Å². The molecular weight excluding hydrogens is 316 g/mol. The van der Waals surface area contributed by atoms with Gasteiger partial charge in [-0.05, 0) is 13.3 Å². The minimum Gasteiger partial charge on any atom is -0.382 e. The van der Waals surface area contributed by atoms with Gasteiger partial charge in [-0.3, -0.25) is 0 Å². The first-order valence-corrected chi connectivity index (χ1v) is 12.5. The third-order valence-corrected chi connectivity index (χ3v) is 5.60. The molecule has 1 nitrogen and oxygen atoms in total. The summed E-state index contributed by atoms with van der Waals surface area (Å²) in [5, 5.41) is 0. The lowest BCUT2D eigenvalue weighted by Crippen LogP contribution is -1.92. The van der Waals surface area contributed by atoms with Gasteiger partial charge in [-0.1, -0.05) is 135 Å². The van der Waals surface area contributed by atoms with Crippen molar-refractivity contribution in [3.05, 3.63) is 0 Å². The van der Waals surface area contributed by atoms with Crippen LogP contribution in [0.2, 0.25) is 0 Å². The van der Waals surface area contributed by atoms with Gasteiger partial charge in [0.2, 0.25) is 0 Å². The maximum Gasteiger partial charge on any atom is 0.0465 e. The Balaban J connectivity index is 2.95. The van der Waals surface area contributed by atoms with Crippen LogP contribution in [-0.4, -0.2) is 13.2 Å². The maximum atomic E-state index is 5.37. The number of hydrogen-bond acceptors (Lipinski definition) is 1. The zero-order valence-corrected chi connectivity index (χ0v) is 18.7. The minimum absolute atomic E-state index is 0.874. The molecule has 0 spiro atoms. The second-order valence-corrected chi connectivity index (χ2v) is 8.27. The lowest BCUT2D eigenvalue weighted by Gasteiger charge is -2.04. The molecule has 0 amide bonds. The van der Waals surface area contributed by atoms with Crippen LogP contribution in [0.25, 0.3) is 0 Å². The first-order valence-electron chi connectivity index (χ1n) is 12.5. The summed E-state index contributed by atoms with van der Waals surface area (Å²) in [6, 6.07) is 0. The summed E-state index contributed by atoms with van der Waals surface area (Å²) < 4.78 is 5.37. The zero-order chi connectivity index (χ0) is 19.0. The topological polar surface area (TPSA) is 9.23 Å². The third-order valence-electron chi connectivity index (χ3n) is 5.60. The van der Waals surface area contributed by atoms with Crippen LogP contribution in [0.5, 0.6) is 0 Å². The summed E-state index contributed by atoms with van der Waals surface area (Å²) in [6.45, 7) is 6.22. The van der Waals surface area contributed by atoms with Gasteiger partial charge in [0.1, 0.15) is 0 Å². The zero-order valence-electron chi connectivity index (χ0n) is 18.7. The Morgan fingerprint density at radius 2 is 0.615 bits per heavy atom. The largest absolute Gasteiger partial charge is 0.382 e. The number of hydrogen-bond donors (Lipinski definition) is 0. The lowest BCUT2D eigenvalue weighted by molar-refractivity contribution is 0.143. The predicted molar refractivity (Wildman–Crippen MR) is 119 cm³/mol. The average Bonchev–Trinajstić information content (AvgIpc) is 2.66. The molecule has 0 heterocycles. The van der Waals surface area contributed by atoms with E-state index < -0.39 is 0 Å². The summed E-state index contributed by atoms with van der Waals surface area (Å²) in [7, 11) is 0. The van der Waals surface area contributed by atoms with Gasteiger partial charge in [-0.2, -0.15) is 0 Å². The molecule has 0 unspecified atom stereocenters. The van der Waals surface area contributed by atoms with Gasteiger partial charge >= 0.3 is 0 Å². The van der Waals surface area contributed by atoms with Crippen LogP contribution >= 0.6 is 0 Å². The van der Waals surface area contributed by atoms with Crippen LogP contribution in [0.3, 0.4) is 0 Å². The summed E-state index contributed by atoms with van der Waals surface area (Å²) in [5.41, 5.74) is 0. The second kappa shape index (κ2) is 25.0. The van der Waals surface area contributed by atoms with Gasteiger partial charge in [0.05, 0.1) is 0 Å². The molecule has 0 aliphatic heterocycles. The smallest absolute Gasteiger partial charge is 0.0465 e. The molecule has 0 aromatic rings. The van der Waals surface area contributed by atoms with Crippen molar-refractivity contribution in [2.45, 2.75) is 149 Å². The maximum absolute atomic E-state index is 5.37. The second-order valence-electron chi connectivity index (χ2n) is 8.27. The van der Waals surface area contributed by atoms with Crippen molar-refractivity contribution in [1.29, 1.82) is 0 Å². The molecule has 0 radical (unpaired) electrons. The molecule has 0 aliphatic rings. The fourth-order valence-electron chi connectivity index (χ4n) is 3.78. The molecule has 0 aromatic carbocycles. The molecular formula is C25H52O. The normalized spacial score (nSPS) is 11.3. The number of ether oxygens (including phenoxy) is 1. The molecule has 0 saturated carbocycles. The highest BCUT2D eigenvalue weighted by molar-refractivity contribution is 4.51. The molecule has 0 atom stereocenters. The fraction of sp³-hybridized carbons (Fsp3) is 1.00. The SMILES string of the molecule is CCCCCCCCCCCCCCCCCCCCCCCOCC. The van der Waals surface area contributed by atoms with Crippen LogP contribution in [0.4, 0.5) is 0 Å². The first kappa shape index (κ1) is 26.0. The highest BCUT2D eigenvalue weighted by Crippen LogP contribution is 2.15. The number of rotatable bonds is 23. The van der Waals surface area contributed by atoms with Gasteiger partial charge in [0, 0.05) is 13.2 Å². The van der Waals surface area contributed by atoms with Crippen molar-refractivity contribution in [3.8, 4) is 0 Å². The van der Waals surface area contributed by atoms with Crippen molar-refractivity contribution in [2.75, 3.05) is 13.2 Å². The van der Waals surface area contributed by atoms with E-state index in [4.69, 9.17) is 4.74 Å². The van der Waals surface area contributed by atoms with Crippen LogP contribution in [0.15, 0.2) is 0 Å². The lowest BCUT2D eigenvalue weighted by atomic mass is 10.0. The van der Waals surface area contributed by atoms with E-state index in [2.05, 4.69) is 13.8 Å². The van der Waals surface area contributed by atoms with Crippen molar-refractivity contribution in [1.82, 2.24) is 0 Å². The van der Waals surface area contributed by atoms with Crippen molar-refractivity contribution in [3.63, 3.8) is 0 Å². The van der Waals surface area contributed by atoms with Crippen molar-refractivity contribution >= 4 is 0 Å². The Bertz CT molecular complexity index is 202. The molecule has 0 aliphatic carbocycles. The number of unbranched alkanes of at least 4 members (excludes halogenated alkanes) is 20. The van der Waals surface area contributed by atoms with Crippen LogP contribution in [0.1, 0.15) is 149 Å². The summed E-state index contributed by atoms with van der Waals surface area (Å²) >= 11 is 0. The standard InChI is InChI=1S/C25H52O/c1-3-5-6-7-8-9-10-11-12-13-14-15-16-17-18-19-20-21-22-23-24-25-26-4-2/h3-25H2,1-2H3. The quantitative estimate of drug-likeness (QED) is 0.163. The first-order chi connectivity index (χ1) is 12.9. The van der Waals surface area contributed by atoms with Gasteiger partial charge in [0.15, 0.2) is 0 Å². The minimum atomic E-state index is 0.874. The Morgan fingerprint density at radius 1 is 0.346 bits per heavy atom. The van der Waals surface area contributed by atoms with E-state index in [0.717, 1.165) is 13.2 Å². The Morgan fingerprint density at radius 3 is 0.885 bits per heavy atom. The summed E-state index contributed by atoms with van der Waals surface area (Å²) in [5.74, 6) is 0. The molecule has 1 heteroatoms. The van der Waals surface area contributed by atoms with Crippen LogP contribution in [0, 0.1) is 0 Å². The fourth-order valence-corrected chi connectivity index (χ4v) is 3.78. The van der Waals surface area contributed by atoms with Gasteiger partial charge < -0.3 is 4.74 Å². The van der Waals surface area contributed by atoms with Gasteiger partial charge in [-0.25, -0.2) is 0 Å². The van der Waals surface area contributed by atoms with E-state index in [1.165, 1.54) is 135 Å². The van der Waals surface area contributed by atoms with Crippen LogP contribution < -0.4 is 0 Å². The van der Waals surface area contributed by atoms with Gasteiger partial charge in [0.25, 0.3) is 0 Å². The molecule has 0 aromatic heterocycles. The third kappa shape index (κ3) is 24.0.